The van der Waals surface area contributed by atoms with Gasteiger partial charge in [0.25, 0.3) is 5.56 Å². The van der Waals surface area contributed by atoms with Gasteiger partial charge >= 0.3 is 0 Å². The molecule has 0 radical (unpaired) electrons. The quantitative estimate of drug-likeness (QED) is 0.265. The molecule has 0 unspecified atom stereocenters. The summed E-state index contributed by atoms with van der Waals surface area (Å²) in [5, 5.41) is 4.24. The SMILES string of the molecule is Cc1cccnc1-n1c(SCc2csc(-c3ccccc3)n2)nc2ccccc2c1=O. The molecule has 3 heterocycles. The Morgan fingerprint density at radius 2 is 1.77 bits per heavy atom. The molecule has 7 heteroatoms. The molecule has 31 heavy (non-hydrogen) atoms. The average Bonchev–Trinajstić information content (AvgIpc) is 3.28. The summed E-state index contributed by atoms with van der Waals surface area (Å²) in [7, 11) is 0. The monoisotopic (exact) mass is 442 g/mol. The number of thioether (sulfide) groups is 1. The van der Waals surface area contributed by atoms with Crippen LogP contribution in [0.1, 0.15) is 11.3 Å². The van der Waals surface area contributed by atoms with Gasteiger partial charge in [-0.2, -0.15) is 0 Å². The van der Waals surface area contributed by atoms with Crippen molar-refractivity contribution in [1.82, 2.24) is 19.5 Å². The highest BCUT2D eigenvalue weighted by molar-refractivity contribution is 7.98. The Labute approximate surface area is 187 Å². The first-order valence-corrected chi connectivity index (χ1v) is 11.6. The third kappa shape index (κ3) is 3.89. The Morgan fingerprint density at radius 3 is 2.61 bits per heavy atom. The molecule has 2 aromatic carbocycles. The van der Waals surface area contributed by atoms with Gasteiger partial charge in [0.2, 0.25) is 0 Å². The zero-order valence-corrected chi connectivity index (χ0v) is 18.4. The van der Waals surface area contributed by atoms with Gasteiger partial charge < -0.3 is 0 Å². The van der Waals surface area contributed by atoms with E-state index >= 15 is 0 Å². The lowest BCUT2D eigenvalue weighted by atomic mass is 10.2. The first-order valence-electron chi connectivity index (χ1n) is 9.77. The molecule has 0 bridgehead atoms. The van der Waals surface area contributed by atoms with Crippen molar-refractivity contribution in [3.63, 3.8) is 0 Å². The molecule has 0 aliphatic carbocycles. The molecule has 0 aliphatic rings. The molecule has 0 aliphatic heterocycles. The van der Waals surface area contributed by atoms with Crippen molar-refractivity contribution < 1.29 is 0 Å². The van der Waals surface area contributed by atoms with E-state index in [1.165, 1.54) is 11.8 Å². The number of rotatable bonds is 5. The maximum absolute atomic E-state index is 13.4. The van der Waals surface area contributed by atoms with Gasteiger partial charge in [0, 0.05) is 22.9 Å². The fourth-order valence-corrected chi connectivity index (χ4v) is 5.15. The molecular weight excluding hydrogens is 424 g/mol. The van der Waals surface area contributed by atoms with E-state index in [4.69, 9.17) is 9.97 Å². The van der Waals surface area contributed by atoms with Crippen LogP contribution in [0.15, 0.2) is 88.3 Å². The predicted octanol–water partition coefficient (Wildman–Crippen LogP) is 5.50. The molecule has 0 atom stereocenters. The summed E-state index contributed by atoms with van der Waals surface area (Å²) in [6.07, 6.45) is 1.70. The Balaban J connectivity index is 1.54. The first kappa shape index (κ1) is 19.7. The summed E-state index contributed by atoms with van der Waals surface area (Å²) in [5.74, 6) is 1.22. The summed E-state index contributed by atoms with van der Waals surface area (Å²) < 4.78 is 1.62. The smallest absolute Gasteiger partial charge is 0.267 e. The second-order valence-electron chi connectivity index (χ2n) is 6.99. The van der Waals surface area contributed by atoms with Gasteiger partial charge in [-0.15, -0.1) is 11.3 Å². The molecule has 152 valence electrons. The molecule has 0 saturated carbocycles. The number of benzene rings is 2. The second-order valence-corrected chi connectivity index (χ2v) is 8.80. The van der Waals surface area contributed by atoms with Crippen LogP contribution in [0.5, 0.6) is 0 Å². The van der Waals surface area contributed by atoms with Crippen molar-refractivity contribution >= 4 is 34.0 Å². The van der Waals surface area contributed by atoms with E-state index in [1.54, 1.807) is 28.2 Å². The zero-order valence-electron chi connectivity index (χ0n) is 16.7. The molecule has 5 rings (SSSR count). The van der Waals surface area contributed by atoms with Crippen LogP contribution in [0.2, 0.25) is 0 Å². The standard InChI is InChI=1S/C24H18N4OS2/c1-16-8-7-13-25-21(16)28-23(29)19-11-5-6-12-20(19)27-24(28)31-15-18-14-30-22(26-18)17-9-3-2-4-10-17/h2-14H,15H2,1H3. The van der Waals surface area contributed by atoms with Crippen LogP contribution in [0, 0.1) is 6.92 Å². The average molecular weight is 443 g/mol. The number of fused-ring (bicyclic) bond motifs is 1. The summed E-state index contributed by atoms with van der Waals surface area (Å²) in [6, 6.07) is 21.4. The van der Waals surface area contributed by atoms with Crippen molar-refractivity contribution in [3.05, 3.63) is 99.9 Å². The number of para-hydroxylation sites is 1. The largest absolute Gasteiger partial charge is 0.268 e. The number of aromatic nitrogens is 4. The first-order chi connectivity index (χ1) is 15.2. The minimum atomic E-state index is -0.113. The Kier molecular flexibility index (Phi) is 5.36. The molecule has 5 aromatic rings. The van der Waals surface area contributed by atoms with Crippen LogP contribution in [0.3, 0.4) is 0 Å². The molecule has 0 N–H and O–H groups in total. The van der Waals surface area contributed by atoms with Gasteiger partial charge in [0.05, 0.1) is 16.6 Å². The molecule has 5 nitrogen and oxygen atoms in total. The molecule has 0 amide bonds. The van der Waals surface area contributed by atoms with Crippen LogP contribution < -0.4 is 5.56 Å². The maximum atomic E-state index is 13.4. The van der Waals surface area contributed by atoms with E-state index < -0.39 is 0 Å². The van der Waals surface area contributed by atoms with Crippen LogP contribution in [-0.4, -0.2) is 19.5 Å². The molecule has 3 aromatic heterocycles. The Morgan fingerprint density at radius 1 is 0.968 bits per heavy atom. The maximum Gasteiger partial charge on any atom is 0.267 e. The number of nitrogens with zero attached hydrogens (tertiary/aromatic N) is 4. The van der Waals surface area contributed by atoms with E-state index in [1.807, 2.05) is 55.5 Å². The van der Waals surface area contributed by atoms with Gasteiger partial charge in [-0.05, 0) is 30.7 Å². The molecule has 0 saturated heterocycles. The van der Waals surface area contributed by atoms with Gasteiger partial charge in [-0.1, -0.05) is 60.3 Å². The summed E-state index contributed by atoms with van der Waals surface area (Å²) in [6.45, 7) is 1.95. The second kappa shape index (κ2) is 8.45. The fourth-order valence-electron chi connectivity index (χ4n) is 3.33. The van der Waals surface area contributed by atoms with Crippen molar-refractivity contribution in [2.45, 2.75) is 17.8 Å². The Bertz CT molecular complexity index is 1430. The number of aryl methyl sites for hydroxylation is 1. The van der Waals surface area contributed by atoms with Crippen molar-refractivity contribution in [2.24, 2.45) is 0 Å². The van der Waals surface area contributed by atoms with Crippen LogP contribution in [0.25, 0.3) is 27.3 Å². The molecular formula is C24H18N4OS2. The highest BCUT2D eigenvalue weighted by atomic mass is 32.2. The predicted molar refractivity (Wildman–Crippen MR) is 127 cm³/mol. The third-order valence-electron chi connectivity index (χ3n) is 4.86. The number of pyridine rings is 1. The third-order valence-corrected chi connectivity index (χ3v) is 6.77. The zero-order chi connectivity index (χ0) is 21.2. The van der Waals surface area contributed by atoms with Crippen LogP contribution >= 0.6 is 23.1 Å². The Hall–Kier alpha value is -3.29. The van der Waals surface area contributed by atoms with Gasteiger partial charge in [-0.3, -0.25) is 4.79 Å². The number of hydrogen-bond acceptors (Lipinski definition) is 6. The van der Waals surface area contributed by atoms with Crippen molar-refractivity contribution in [2.75, 3.05) is 0 Å². The van der Waals surface area contributed by atoms with Gasteiger partial charge in [0.1, 0.15) is 10.8 Å². The highest BCUT2D eigenvalue weighted by Gasteiger charge is 2.16. The summed E-state index contributed by atoms with van der Waals surface area (Å²) in [4.78, 5) is 27.4. The number of hydrogen-bond donors (Lipinski definition) is 0. The van der Waals surface area contributed by atoms with Crippen molar-refractivity contribution in [1.29, 1.82) is 0 Å². The van der Waals surface area contributed by atoms with E-state index in [9.17, 15) is 4.79 Å². The summed E-state index contributed by atoms with van der Waals surface area (Å²) >= 11 is 3.12. The van der Waals surface area contributed by atoms with Gasteiger partial charge in [0.15, 0.2) is 5.16 Å². The van der Waals surface area contributed by atoms with Crippen molar-refractivity contribution in [3.8, 4) is 16.4 Å². The minimum absolute atomic E-state index is 0.113. The van der Waals surface area contributed by atoms with Gasteiger partial charge in [-0.25, -0.2) is 19.5 Å². The lowest BCUT2D eigenvalue weighted by molar-refractivity contribution is 0.789. The highest BCUT2D eigenvalue weighted by Crippen LogP contribution is 2.28. The van der Waals surface area contributed by atoms with E-state index in [0.717, 1.165) is 21.8 Å². The van der Waals surface area contributed by atoms with E-state index in [2.05, 4.69) is 22.5 Å². The minimum Gasteiger partial charge on any atom is -0.268 e. The van der Waals surface area contributed by atoms with E-state index in [0.29, 0.717) is 27.6 Å². The lowest BCUT2D eigenvalue weighted by Crippen LogP contribution is -2.23. The normalized spacial score (nSPS) is 11.1. The number of thiazole rings is 1. The lowest BCUT2D eigenvalue weighted by Gasteiger charge is -2.13. The van der Waals surface area contributed by atoms with Crippen LogP contribution in [-0.2, 0) is 5.75 Å². The molecule has 0 fully saturated rings. The van der Waals surface area contributed by atoms with E-state index in [-0.39, 0.29) is 5.56 Å². The fraction of sp³-hybridized carbons (Fsp3) is 0.0833. The van der Waals surface area contributed by atoms with Crippen LogP contribution in [0.4, 0.5) is 0 Å². The molecule has 0 spiro atoms. The summed E-state index contributed by atoms with van der Waals surface area (Å²) in [5.41, 5.74) is 3.55. The topological polar surface area (TPSA) is 60.7 Å².